The molecule has 33 heavy (non-hydrogen) atoms. The lowest BCUT2D eigenvalue weighted by Gasteiger charge is -2.21. The zero-order valence-electron chi connectivity index (χ0n) is 18.8. The van der Waals surface area contributed by atoms with Crippen molar-refractivity contribution in [1.29, 1.82) is 0 Å². The standard InChI is InChI=1S/C27H25Cl2N3O/c1-18-10-12-20(13-11-18)24-19(2)17-32(25-22(28)8-6-9-23(25)29)26(24)27(33)31(3)16-14-21-7-4-5-15-30-21/h4-13,15,17H,14,16H2,1-3H3. The zero-order chi connectivity index (χ0) is 23.5. The van der Waals surface area contributed by atoms with Gasteiger partial charge in [0.1, 0.15) is 5.69 Å². The maximum atomic E-state index is 13.9. The van der Waals surface area contributed by atoms with Crippen LogP contribution in [0.25, 0.3) is 16.8 Å². The molecule has 0 radical (unpaired) electrons. The van der Waals surface area contributed by atoms with Crippen molar-refractivity contribution in [2.45, 2.75) is 20.3 Å². The third-order valence-electron chi connectivity index (χ3n) is 5.69. The SMILES string of the molecule is Cc1ccc(-c2c(C)cn(-c3c(Cl)cccc3Cl)c2C(=O)N(C)CCc2ccccn2)cc1. The summed E-state index contributed by atoms with van der Waals surface area (Å²) in [5, 5.41) is 0.969. The average Bonchev–Trinajstić information content (AvgIpc) is 3.14. The molecule has 6 heteroatoms. The molecule has 168 valence electrons. The number of hydrogen-bond donors (Lipinski definition) is 0. The molecule has 0 spiro atoms. The molecule has 0 aliphatic rings. The first kappa shape index (κ1) is 23.1. The third kappa shape index (κ3) is 4.82. The molecular weight excluding hydrogens is 453 g/mol. The van der Waals surface area contributed by atoms with Crippen molar-refractivity contribution in [1.82, 2.24) is 14.5 Å². The molecule has 4 aromatic rings. The van der Waals surface area contributed by atoms with Gasteiger partial charge in [-0.2, -0.15) is 0 Å². The van der Waals surface area contributed by atoms with Crippen LogP contribution in [0.5, 0.6) is 0 Å². The molecule has 4 nitrogen and oxygen atoms in total. The number of likely N-dealkylation sites (N-methyl/N-ethyl adjacent to an activating group) is 1. The van der Waals surface area contributed by atoms with Crippen molar-refractivity contribution in [3.05, 3.63) is 106 Å². The lowest BCUT2D eigenvalue weighted by molar-refractivity contribution is 0.0789. The number of aryl methyl sites for hydroxylation is 2. The maximum Gasteiger partial charge on any atom is 0.271 e. The van der Waals surface area contributed by atoms with Gasteiger partial charge in [-0.1, -0.05) is 65.2 Å². The van der Waals surface area contributed by atoms with Gasteiger partial charge in [-0.25, -0.2) is 0 Å². The molecule has 0 bridgehead atoms. The highest BCUT2D eigenvalue weighted by Crippen LogP contribution is 2.36. The predicted molar refractivity (Wildman–Crippen MR) is 136 cm³/mol. The number of para-hydroxylation sites is 1. The summed E-state index contributed by atoms with van der Waals surface area (Å²) < 4.78 is 1.83. The number of aromatic nitrogens is 2. The quantitative estimate of drug-likeness (QED) is 0.307. The molecule has 0 aliphatic heterocycles. The number of halogens is 2. The molecule has 2 aromatic carbocycles. The van der Waals surface area contributed by atoms with Crippen LogP contribution >= 0.6 is 23.2 Å². The normalized spacial score (nSPS) is 10.9. The van der Waals surface area contributed by atoms with E-state index in [0.717, 1.165) is 27.9 Å². The Bertz CT molecular complexity index is 1260. The van der Waals surface area contributed by atoms with E-state index in [-0.39, 0.29) is 5.91 Å². The molecule has 0 saturated carbocycles. The van der Waals surface area contributed by atoms with E-state index in [4.69, 9.17) is 23.2 Å². The highest BCUT2D eigenvalue weighted by molar-refractivity contribution is 6.37. The summed E-state index contributed by atoms with van der Waals surface area (Å²) in [5.41, 5.74) is 6.05. The second kappa shape index (κ2) is 9.82. The lowest BCUT2D eigenvalue weighted by Crippen LogP contribution is -2.31. The van der Waals surface area contributed by atoms with Gasteiger partial charge in [0.2, 0.25) is 0 Å². The van der Waals surface area contributed by atoms with Crippen LogP contribution in [0.4, 0.5) is 0 Å². The Morgan fingerprint density at radius 1 is 0.970 bits per heavy atom. The number of rotatable bonds is 6. The number of amides is 1. The maximum absolute atomic E-state index is 13.9. The number of pyridine rings is 1. The van der Waals surface area contributed by atoms with E-state index in [1.54, 1.807) is 29.3 Å². The van der Waals surface area contributed by atoms with Crippen LogP contribution in [0.1, 0.15) is 27.3 Å². The van der Waals surface area contributed by atoms with Crippen molar-refractivity contribution < 1.29 is 4.79 Å². The summed E-state index contributed by atoms with van der Waals surface area (Å²) >= 11 is 13.1. The molecule has 1 amide bonds. The van der Waals surface area contributed by atoms with Crippen LogP contribution in [0.3, 0.4) is 0 Å². The van der Waals surface area contributed by atoms with Crippen LogP contribution in [0, 0.1) is 13.8 Å². The van der Waals surface area contributed by atoms with Crippen molar-refractivity contribution in [2.75, 3.05) is 13.6 Å². The first-order chi connectivity index (χ1) is 15.9. The Labute approximate surface area is 204 Å². The summed E-state index contributed by atoms with van der Waals surface area (Å²) in [6.07, 6.45) is 4.36. The Kier molecular flexibility index (Phi) is 6.87. The van der Waals surface area contributed by atoms with Crippen LogP contribution in [-0.4, -0.2) is 34.0 Å². The van der Waals surface area contributed by atoms with Gasteiger partial charge in [0, 0.05) is 43.7 Å². The zero-order valence-corrected chi connectivity index (χ0v) is 20.4. The molecule has 4 rings (SSSR count). The molecule has 0 saturated heterocycles. The summed E-state index contributed by atoms with van der Waals surface area (Å²) in [5.74, 6) is -0.106. The Morgan fingerprint density at radius 2 is 1.67 bits per heavy atom. The van der Waals surface area contributed by atoms with E-state index >= 15 is 0 Å². The van der Waals surface area contributed by atoms with Crippen molar-refractivity contribution in [2.24, 2.45) is 0 Å². The molecule has 0 N–H and O–H groups in total. The smallest absolute Gasteiger partial charge is 0.271 e. The molecule has 2 heterocycles. The Hall–Kier alpha value is -3.08. The van der Waals surface area contributed by atoms with Gasteiger partial charge in [-0.3, -0.25) is 9.78 Å². The number of carbonyl (C=O) groups excluding carboxylic acids is 1. The first-order valence-electron chi connectivity index (χ1n) is 10.8. The summed E-state index contributed by atoms with van der Waals surface area (Å²) in [4.78, 5) is 20.0. The van der Waals surface area contributed by atoms with Gasteiger partial charge in [-0.05, 0) is 49.2 Å². The monoisotopic (exact) mass is 477 g/mol. The third-order valence-corrected chi connectivity index (χ3v) is 6.30. The Balaban J connectivity index is 1.81. The molecule has 2 aromatic heterocycles. The summed E-state index contributed by atoms with van der Waals surface area (Å²) in [6.45, 7) is 4.58. The van der Waals surface area contributed by atoms with E-state index < -0.39 is 0 Å². The van der Waals surface area contributed by atoms with Gasteiger partial charge in [0.05, 0.1) is 15.7 Å². The molecule has 0 unspecified atom stereocenters. The minimum absolute atomic E-state index is 0.106. The van der Waals surface area contributed by atoms with Crippen molar-refractivity contribution in [3.8, 4) is 16.8 Å². The number of benzene rings is 2. The summed E-state index contributed by atoms with van der Waals surface area (Å²) in [6, 6.07) is 19.3. The predicted octanol–water partition coefficient (Wildman–Crippen LogP) is 6.78. The van der Waals surface area contributed by atoms with Crippen LogP contribution in [0.15, 0.2) is 73.1 Å². The minimum Gasteiger partial charge on any atom is -0.340 e. The van der Waals surface area contributed by atoms with Crippen LogP contribution < -0.4 is 0 Å². The van der Waals surface area contributed by atoms with Gasteiger partial charge >= 0.3 is 0 Å². The first-order valence-corrected chi connectivity index (χ1v) is 11.5. The largest absolute Gasteiger partial charge is 0.340 e. The second-order valence-electron chi connectivity index (χ2n) is 8.14. The number of carbonyl (C=O) groups is 1. The van der Waals surface area contributed by atoms with Gasteiger partial charge in [0.15, 0.2) is 0 Å². The van der Waals surface area contributed by atoms with Gasteiger partial charge in [0.25, 0.3) is 5.91 Å². The van der Waals surface area contributed by atoms with E-state index in [0.29, 0.717) is 34.4 Å². The second-order valence-corrected chi connectivity index (χ2v) is 8.95. The molecule has 0 fully saturated rings. The van der Waals surface area contributed by atoms with E-state index in [1.807, 2.05) is 74.1 Å². The number of hydrogen-bond acceptors (Lipinski definition) is 2. The van der Waals surface area contributed by atoms with E-state index in [9.17, 15) is 4.79 Å². The topological polar surface area (TPSA) is 38.1 Å². The Morgan fingerprint density at radius 3 is 2.30 bits per heavy atom. The lowest BCUT2D eigenvalue weighted by atomic mass is 10.0. The van der Waals surface area contributed by atoms with Crippen molar-refractivity contribution >= 4 is 29.1 Å². The van der Waals surface area contributed by atoms with Crippen LogP contribution in [0.2, 0.25) is 10.0 Å². The highest BCUT2D eigenvalue weighted by Gasteiger charge is 2.26. The summed E-state index contributed by atoms with van der Waals surface area (Å²) in [7, 11) is 1.81. The van der Waals surface area contributed by atoms with E-state index in [2.05, 4.69) is 4.98 Å². The van der Waals surface area contributed by atoms with Crippen molar-refractivity contribution in [3.63, 3.8) is 0 Å². The van der Waals surface area contributed by atoms with Gasteiger partial charge in [-0.15, -0.1) is 0 Å². The fourth-order valence-electron chi connectivity index (χ4n) is 3.93. The average molecular weight is 478 g/mol. The van der Waals surface area contributed by atoms with E-state index in [1.165, 1.54) is 0 Å². The molecule has 0 aliphatic carbocycles. The molecule has 0 atom stereocenters. The van der Waals surface area contributed by atoms with Gasteiger partial charge < -0.3 is 9.47 Å². The molecular formula is C27H25Cl2N3O. The highest BCUT2D eigenvalue weighted by atomic mass is 35.5. The number of nitrogens with zero attached hydrogens (tertiary/aromatic N) is 3. The fraction of sp³-hybridized carbons (Fsp3) is 0.185. The fourth-order valence-corrected chi connectivity index (χ4v) is 4.51. The van der Waals surface area contributed by atoms with Crippen LogP contribution in [-0.2, 0) is 6.42 Å². The minimum atomic E-state index is -0.106.